The predicted molar refractivity (Wildman–Crippen MR) is 349 cm³/mol. The van der Waals surface area contributed by atoms with E-state index >= 15 is 0 Å². The van der Waals surface area contributed by atoms with Crippen molar-refractivity contribution in [3.05, 3.63) is 133 Å². The molecule has 4 aliphatic heterocycles. The van der Waals surface area contributed by atoms with Gasteiger partial charge in [-0.15, -0.1) is 0 Å². The smallest absolute Gasteiger partial charge is 0.457 e. The zero-order chi connectivity index (χ0) is 70.9. The number of ether oxygens (including phenoxy) is 10. The van der Waals surface area contributed by atoms with E-state index < -0.39 is 120 Å². The van der Waals surface area contributed by atoms with Gasteiger partial charge in [0.25, 0.3) is 0 Å². The van der Waals surface area contributed by atoms with E-state index in [0.717, 1.165) is 11.1 Å². The van der Waals surface area contributed by atoms with Gasteiger partial charge < -0.3 is 78.0 Å². The van der Waals surface area contributed by atoms with Crippen molar-refractivity contribution in [3.63, 3.8) is 0 Å². The number of hydrogen-bond acceptors (Lipinski definition) is 24. The standard InChI is InChI=1S/C33H44O11.C29H38O8.C7H6N4O.C3H8O2/c1-17-15-18(2)33-22(16-24(39-5)31(37)42-27(17)20(4)41-32(38)40-14-8-13-34)11-12-23-25(33)26(35)19(3)28(29(23)44-33)43-30(36)21-9-6-7-10-21;1-14-12-15(2)29-19(13-21(34-5)28(33)35-24(14)17(4)30)10-11-20-22(29)23(31)16(3)25(26(20)37-29)36-27(32)18-8-6-7-9-18;12-7(10-3-1-8-5-10)11-4-2-9-6-11;4-2-1-3-5/h6-7,9,11-12,15,17,19-20,22-29,34-35H,8,10,13-14,16H2,1-5H3;6-8,10-12,14,16-17,19-26,30-31H,9,13H2,1-5H3;1-6H;4-5H,1-3H2/b18-15+;15-12+;;/t17-,19-,20-,22?,23-,24+,25+,26-,27+,28-,29-,33+;14-,16-,17-,19?,20-,21+,22+,23-,24+,25-,26-,29+;;/m11../s1. The van der Waals surface area contributed by atoms with Gasteiger partial charge in [-0.1, -0.05) is 101 Å². The van der Waals surface area contributed by atoms with Gasteiger partial charge in [-0.3, -0.25) is 9.13 Å². The van der Waals surface area contributed by atoms with Crippen LogP contribution < -0.4 is 0 Å². The first-order valence-electron chi connectivity index (χ1n) is 33.8. The molecule has 2 saturated heterocycles. The van der Waals surface area contributed by atoms with Crippen molar-refractivity contribution in [1.82, 2.24) is 19.1 Å². The van der Waals surface area contributed by atoms with Crippen molar-refractivity contribution in [1.29, 1.82) is 0 Å². The molecule has 2 aromatic rings. The number of aromatic nitrogens is 4. The van der Waals surface area contributed by atoms with Gasteiger partial charge in [-0.05, 0) is 70.9 Å². The van der Waals surface area contributed by atoms with Crippen molar-refractivity contribution < 1.29 is 107 Å². The lowest BCUT2D eigenvalue weighted by Crippen LogP contribution is -2.57. The van der Waals surface area contributed by atoms with Gasteiger partial charge >= 0.3 is 36.1 Å². The highest BCUT2D eigenvalue weighted by molar-refractivity contribution is 5.90. The average molecular weight is 1370 g/mol. The Bertz CT molecular complexity index is 3330. The molecule has 2 aromatic heterocycles. The van der Waals surface area contributed by atoms with Gasteiger partial charge in [0.15, 0.2) is 12.2 Å². The van der Waals surface area contributed by atoms with Crippen LogP contribution in [0.4, 0.5) is 9.59 Å². The molecule has 2 saturated carbocycles. The molecular formula is C72H96N4O22. The molecule has 2 spiro atoms. The summed E-state index contributed by atoms with van der Waals surface area (Å²) in [6.07, 6.45) is 24.5. The Labute approximate surface area is 570 Å². The summed E-state index contributed by atoms with van der Waals surface area (Å²) >= 11 is 0. The van der Waals surface area contributed by atoms with E-state index in [9.17, 15) is 44.1 Å². The number of imidazole rings is 2. The zero-order valence-corrected chi connectivity index (χ0v) is 57.2. The summed E-state index contributed by atoms with van der Waals surface area (Å²) in [5.41, 5.74) is 0.975. The van der Waals surface area contributed by atoms with Crippen LogP contribution in [-0.4, -0.2) is 211 Å². The fourth-order valence-corrected chi connectivity index (χ4v) is 16.0. The second-order valence-electron chi connectivity index (χ2n) is 26.9. The molecule has 4 fully saturated rings. The molecule has 0 radical (unpaired) electrons. The number of carbonyl (C=O) groups excluding carboxylic acids is 6. The number of carbonyl (C=O) groups is 6. The highest BCUT2D eigenvalue weighted by atomic mass is 16.7. The van der Waals surface area contributed by atoms with Gasteiger partial charge in [-0.2, -0.15) is 0 Å². The lowest BCUT2D eigenvalue weighted by Gasteiger charge is -2.48. The number of allylic oxidation sites excluding steroid dienone is 6. The third-order valence-corrected chi connectivity index (χ3v) is 20.9. The van der Waals surface area contributed by atoms with Gasteiger partial charge in [0.1, 0.15) is 66.6 Å². The molecule has 26 heteroatoms. The summed E-state index contributed by atoms with van der Waals surface area (Å²) < 4.78 is 62.1. The van der Waals surface area contributed by atoms with E-state index in [1.165, 1.54) is 36.0 Å². The number of aliphatic hydroxyl groups excluding tert-OH is 6. The Morgan fingerprint density at radius 1 is 0.653 bits per heavy atom. The number of aliphatic hydroxyl groups is 6. The normalized spacial score (nSPS) is 37.8. The van der Waals surface area contributed by atoms with Gasteiger partial charge in [-0.25, -0.2) is 38.7 Å². The first-order chi connectivity index (χ1) is 46.9. The van der Waals surface area contributed by atoms with Gasteiger partial charge in [0.2, 0.25) is 0 Å². The van der Waals surface area contributed by atoms with Crippen molar-refractivity contribution in [3.8, 4) is 0 Å². The van der Waals surface area contributed by atoms with E-state index in [1.54, 1.807) is 50.8 Å². The Morgan fingerprint density at radius 3 is 1.47 bits per heavy atom. The van der Waals surface area contributed by atoms with Crippen LogP contribution in [0, 0.1) is 59.2 Å². The third kappa shape index (κ3) is 15.2. The summed E-state index contributed by atoms with van der Waals surface area (Å²) in [7, 11) is 2.90. The minimum absolute atomic E-state index is 0.00312. The molecule has 24 atom stereocenters. The number of cyclic esters (lactones) is 2. The molecule has 8 bridgehead atoms. The fourth-order valence-electron chi connectivity index (χ4n) is 16.0. The van der Waals surface area contributed by atoms with Crippen LogP contribution in [0.25, 0.3) is 0 Å². The lowest BCUT2D eigenvalue weighted by molar-refractivity contribution is -0.174. The Hall–Kier alpha value is -7.24. The number of esters is 4. The zero-order valence-electron chi connectivity index (χ0n) is 57.2. The first kappa shape index (κ1) is 75.0. The van der Waals surface area contributed by atoms with E-state index in [0.29, 0.717) is 30.4 Å². The number of hydrogen-bond donors (Lipinski definition) is 6. The average Bonchev–Trinajstić information content (AvgIpc) is 1.53. The quantitative estimate of drug-likeness (QED) is 0.0564. The van der Waals surface area contributed by atoms with Crippen LogP contribution in [0.2, 0.25) is 0 Å². The summed E-state index contributed by atoms with van der Waals surface area (Å²) in [6, 6.07) is -0.190. The molecule has 2 unspecified atom stereocenters. The second-order valence-corrected chi connectivity index (χ2v) is 26.9. The van der Waals surface area contributed by atoms with E-state index in [-0.39, 0.29) is 105 Å². The Morgan fingerprint density at radius 2 is 1.09 bits per heavy atom. The molecule has 6 aliphatic carbocycles. The van der Waals surface area contributed by atoms with Crippen LogP contribution in [-0.2, 0) is 66.5 Å². The van der Waals surface area contributed by atoms with E-state index in [2.05, 4.69) is 22.1 Å². The van der Waals surface area contributed by atoms with Crippen molar-refractivity contribution >= 4 is 36.1 Å². The molecule has 98 heavy (non-hydrogen) atoms. The molecule has 26 nitrogen and oxygen atoms in total. The topological polar surface area (TPSA) is 352 Å². The SMILES string of the molecule is CO[C@H]1CC2C=C[C@H]3[C@H]4O[C@]2(/C(C)=C/[C@@H](C)[C@@H]([C@@H](C)O)OC1=O)[C@@H]3[C@H](O)[C@@H](C)[C@H]4OC(=O)C1=CC=CC1.CO[C@H]1CC2C=C[C@H]3[C@H]4O[C@]2(/C(C)=C/[C@@H](C)[C@@H]([C@@H](C)OC(=O)OCCCO)OC1=O)[C@@H]3[C@H](O)[C@@H](C)[C@H]4OC(=O)C1=CC=CC1.O=C(n1ccnc1)n1ccnc1.OCCCO. The number of methoxy groups -OCH3 is 2. The summed E-state index contributed by atoms with van der Waals surface area (Å²) in [4.78, 5) is 83.8. The van der Waals surface area contributed by atoms with Crippen LogP contribution in [0.1, 0.15) is 93.9 Å². The van der Waals surface area contributed by atoms with Crippen molar-refractivity contribution in [2.24, 2.45) is 59.2 Å². The molecule has 536 valence electrons. The summed E-state index contributed by atoms with van der Waals surface area (Å²) in [5, 5.41) is 58.7. The van der Waals surface area contributed by atoms with Crippen molar-refractivity contribution in [2.45, 2.75) is 178 Å². The summed E-state index contributed by atoms with van der Waals surface area (Å²) in [6.45, 7) is 14.8. The molecule has 10 aliphatic rings. The summed E-state index contributed by atoms with van der Waals surface area (Å²) in [5.74, 6) is -5.06. The van der Waals surface area contributed by atoms with Crippen molar-refractivity contribution in [2.75, 3.05) is 40.6 Å². The molecule has 6 heterocycles. The predicted octanol–water partition coefficient (Wildman–Crippen LogP) is 5.79. The van der Waals surface area contributed by atoms with Gasteiger partial charge in [0, 0.05) is 136 Å². The lowest BCUT2D eigenvalue weighted by atomic mass is 9.57. The largest absolute Gasteiger partial charge is 0.508 e. The van der Waals surface area contributed by atoms with Crippen LogP contribution in [0.3, 0.4) is 0 Å². The Balaban J connectivity index is 0.000000186. The number of rotatable bonds is 14. The molecule has 6 N–H and O–H groups in total. The monoisotopic (exact) mass is 1370 g/mol. The molecule has 12 rings (SSSR count). The maximum absolute atomic E-state index is 13.5. The number of nitrogens with zero attached hydrogens (tertiary/aromatic N) is 4. The van der Waals surface area contributed by atoms with E-state index in [1.807, 2.05) is 90.2 Å². The molecular weight excluding hydrogens is 1270 g/mol. The Kier molecular flexibility index (Phi) is 25.1. The molecule has 0 amide bonds. The maximum Gasteiger partial charge on any atom is 0.508 e. The van der Waals surface area contributed by atoms with Crippen LogP contribution >= 0.6 is 0 Å². The van der Waals surface area contributed by atoms with E-state index in [4.69, 9.17) is 62.7 Å². The highest BCUT2D eigenvalue weighted by Gasteiger charge is 2.71. The van der Waals surface area contributed by atoms with Gasteiger partial charge in [0.05, 0.1) is 24.9 Å². The minimum Gasteiger partial charge on any atom is -0.457 e. The molecule has 0 aromatic carbocycles. The second kappa shape index (κ2) is 32.8. The highest BCUT2D eigenvalue weighted by Crippen LogP contribution is 2.63. The van der Waals surface area contributed by atoms with Crippen LogP contribution in [0.5, 0.6) is 0 Å². The van der Waals surface area contributed by atoms with Crippen LogP contribution in [0.15, 0.2) is 133 Å². The first-order valence-corrected chi connectivity index (χ1v) is 33.8. The third-order valence-electron chi connectivity index (χ3n) is 20.9. The fraction of sp³-hybridized carbons (Fsp3) is 0.611. The minimum atomic E-state index is -1.01. The maximum atomic E-state index is 13.5.